The molecule has 0 bridgehead atoms. The van der Waals surface area contributed by atoms with Crippen LogP contribution in [-0.4, -0.2) is 7.11 Å². The molecule has 1 heteroatoms. The third kappa shape index (κ3) is 4.22. The van der Waals surface area contributed by atoms with Crippen LogP contribution in [0.15, 0.2) is 23.5 Å². The fraction of sp³-hybridized carbons (Fsp3) is 0.636. The van der Waals surface area contributed by atoms with Gasteiger partial charge in [-0.1, -0.05) is 26.8 Å². The Morgan fingerprint density at radius 2 is 2.00 bits per heavy atom. The Labute approximate surface area is 76.1 Å². The molecule has 0 aliphatic rings. The van der Waals surface area contributed by atoms with Crippen LogP contribution in [0.4, 0.5) is 0 Å². The summed E-state index contributed by atoms with van der Waals surface area (Å²) in [6, 6.07) is 0. The van der Waals surface area contributed by atoms with Crippen LogP contribution in [0.2, 0.25) is 0 Å². The van der Waals surface area contributed by atoms with Gasteiger partial charge in [0.15, 0.2) is 0 Å². The van der Waals surface area contributed by atoms with Gasteiger partial charge in [0.25, 0.3) is 0 Å². The second-order valence-electron chi connectivity index (χ2n) is 3.23. The monoisotopic (exact) mass is 168 g/mol. The van der Waals surface area contributed by atoms with Gasteiger partial charge < -0.3 is 4.74 Å². The van der Waals surface area contributed by atoms with E-state index >= 15 is 0 Å². The van der Waals surface area contributed by atoms with Gasteiger partial charge in [0.2, 0.25) is 0 Å². The van der Waals surface area contributed by atoms with Crippen molar-refractivity contribution in [3.63, 3.8) is 0 Å². The fourth-order valence-electron chi connectivity index (χ4n) is 0.991. The van der Waals surface area contributed by atoms with Crippen LogP contribution in [0.3, 0.4) is 0 Å². The first-order valence-corrected chi connectivity index (χ1v) is 4.54. The van der Waals surface area contributed by atoms with E-state index in [1.54, 1.807) is 7.11 Å². The van der Waals surface area contributed by atoms with E-state index in [9.17, 15) is 0 Å². The summed E-state index contributed by atoms with van der Waals surface area (Å²) < 4.78 is 5.10. The average Bonchev–Trinajstić information content (AvgIpc) is 2.03. The second kappa shape index (κ2) is 5.87. The van der Waals surface area contributed by atoms with Crippen LogP contribution in [0.5, 0.6) is 0 Å². The van der Waals surface area contributed by atoms with Gasteiger partial charge in [0, 0.05) is 0 Å². The van der Waals surface area contributed by atoms with Gasteiger partial charge in [-0.2, -0.15) is 0 Å². The molecule has 70 valence electrons. The molecule has 0 spiro atoms. The minimum absolute atomic E-state index is 0.579. The summed E-state index contributed by atoms with van der Waals surface area (Å²) in [6.45, 7) is 8.52. The highest BCUT2D eigenvalue weighted by atomic mass is 16.5. The van der Waals surface area contributed by atoms with Gasteiger partial charge in [-0.05, 0) is 30.9 Å². The Bertz CT molecular complexity index is 175. The molecule has 0 saturated carbocycles. The van der Waals surface area contributed by atoms with Crippen LogP contribution in [0.25, 0.3) is 0 Å². The van der Waals surface area contributed by atoms with Crippen LogP contribution in [-0.2, 0) is 4.74 Å². The maximum atomic E-state index is 5.10. The Balaban J connectivity index is 4.43. The smallest absolute Gasteiger partial charge is 0.0927 e. The maximum absolute atomic E-state index is 5.10. The third-order valence-corrected chi connectivity index (χ3v) is 1.80. The minimum Gasteiger partial charge on any atom is -0.501 e. The predicted octanol–water partition coefficient (Wildman–Crippen LogP) is 3.53. The molecule has 0 N–H and O–H groups in total. The lowest BCUT2D eigenvalue weighted by Gasteiger charge is -2.07. The van der Waals surface area contributed by atoms with E-state index in [0.717, 1.165) is 12.2 Å². The highest BCUT2D eigenvalue weighted by Gasteiger charge is 1.99. The summed E-state index contributed by atoms with van der Waals surface area (Å²) in [7, 11) is 1.70. The molecule has 0 aliphatic carbocycles. The molecule has 0 rings (SSSR count). The molecule has 0 radical (unpaired) electrons. The standard InChI is InChI=1S/C11H20O/c1-6-7-11(9(2)3)8-10(4)12-5/h7-9H,6H2,1-5H3/b10-8+,11-7+. The highest BCUT2D eigenvalue weighted by molar-refractivity contribution is 5.22. The molecule has 0 amide bonds. The van der Waals surface area contributed by atoms with E-state index in [0.29, 0.717) is 5.92 Å². The maximum Gasteiger partial charge on any atom is 0.0927 e. The van der Waals surface area contributed by atoms with Crippen molar-refractivity contribution in [2.45, 2.75) is 34.1 Å². The van der Waals surface area contributed by atoms with Crippen molar-refractivity contribution in [2.24, 2.45) is 5.92 Å². The first-order valence-electron chi connectivity index (χ1n) is 4.54. The Morgan fingerprint density at radius 1 is 1.42 bits per heavy atom. The van der Waals surface area contributed by atoms with Crippen LogP contribution in [0.1, 0.15) is 34.1 Å². The molecule has 0 aromatic heterocycles. The van der Waals surface area contributed by atoms with Crippen molar-refractivity contribution in [3.8, 4) is 0 Å². The molecule has 12 heavy (non-hydrogen) atoms. The van der Waals surface area contributed by atoms with Crippen molar-refractivity contribution < 1.29 is 4.74 Å². The molecule has 0 aromatic carbocycles. The number of hydrogen-bond acceptors (Lipinski definition) is 1. The summed E-state index contributed by atoms with van der Waals surface area (Å²) in [4.78, 5) is 0. The summed E-state index contributed by atoms with van der Waals surface area (Å²) in [5.41, 5.74) is 1.36. The van der Waals surface area contributed by atoms with Crippen LogP contribution < -0.4 is 0 Å². The summed E-state index contributed by atoms with van der Waals surface area (Å²) in [5, 5.41) is 0. The largest absolute Gasteiger partial charge is 0.501 e. The molecular weight excluding hydrogens is 148 g/mol. The predicted molar refractivity (Wildman–Crippen MR) is 54.0 cm³/mol. The van der Waals surface area contributed by atoms with Gasteiger partial charge in [0.05, 0.1) is 12.9 Å². The van der Waals surface area contributed by atoms with E-state index in [4.69, 9.17) is 4.74 Å². The SMILES string of the molecule is CC/C=C(\C=C(/C)OC)C(C)C. The first-order chi connectivity index (χ1) is 5.61. The zero-order valence-electron chi connectivity index (χ0n) is 8.85. The van der Waals surface area contributed by atoms with Gasteiger partial charge in [0.1, 0.15) is 0 Å². The Hall–Kier alpha value is -0.720. The van der Waals surface area contributed by atoms with E-state index in [1.165, 1.54) is 5.57 Å². The lowest BCUT2D eigenvalue weighted by Crippen LogP contribution is -1.92. The molecule has 0 heterocycles. The number of allylic oxidation sites excluding steroid dienone is 4. The van der Waals surface area contributed by atoms with Gasteiger partial charge >= 0.3 is 0 Å². The van der Waals surface area contributed by atoms with Gasteiger partial charge in [-0.15, -0.1) is 0 Å². The molecule has 0 saturated heterocycles. The molecule has 0 aromatic rings. The van der Waals surface area contributed by atoms with Crippen LogP contribution >= 0.6 is 0 Å². The van der Waals surface area contributed by atoms with E-state index in [-0.39, 0.29) is 0 Å². The Kier molecular flexibility index (Phi) is 5.52. The van der Waals surface area contributed by atoms with Crippen molar-refractivity contribution in [3.05, 3.63) is 23.5 Å². The highest BCUT2D eigenvalue weighted by Crippen LogP contribution is 2.14. The zero-order valence-corrected chi connectivity index (χ0v) is 8.85. The lowest BCUT2D eigenvalue weighted by molar-refractivity contribution is 0.293. The fourth-order valence-corrected chi connectivity index (χ4v) is 0.991. The summed E-state index contributed by atoms with van der Waals surface area (Å²) >= 11 is 0. The van der Waals surface area contributed by atoms with Gasteiger partial charge in [-0.3, -0.25) is 0 Å². The number of methoxy groups -OCH3 is 1. The van der Waals surface area contributed by atoms with E-state index < -0.39 is 0 Å². The van der Waals surface area contributed by atoms with E-state index in [1.807, 2.05) is 6.92 Å². The topological polar surface area (TPSA) is 9.23 Å². The molecular formula is C11H20O. The molecule has 0 aliphatic heterocycles. The lowest BCUT2D eigenvalue weighted by atomic mass is 10.0. The van der Waals surface area contributed by atoms with Crippen molar-refractivity contribution in [1.29, 1.82) is 0 Å². The molecule has 1 nitrogen and oxygen atoms in total. The minimum atomic E-state index is 0.579. The van der Waals surface area contributed by atoms with E-state index in [2.05, 4.69) is 32.9 Å². The van der Waals surface area contributed by atoms with Crippen molar-refractivity contribution in [2.75, 3.05) is 7.11 Å². The third-order valence-electron chi connectivity index (χ3n) is 1.80. The molecule has 0 atom stereocenters. The summed E-state index contributed by atoms with van der Waals surface area (Å²) in [5.74, 6) is 1.55. The Morgan fingerprint density at radius 3 is 2.33 bits per heavy atom. The first kappa shape index (κ1) is 11.3. The number of rotatable bonds is 4. The van der Waals surface area contributed by atoms with Gasteiger partial charge in [-0.25, -0.2) is 0 Å². The number of hydrogen-bond donors (Lipinski definition) is 0. The van der Waals surface area contributed by atoms with Crippen molar-refractivity contribution in [1.82, 2.24) is 0 Å². The molecule has 0 fully saturated rings. The average molecular weight is 168 g/mol. The molecule has 0 unspecified atom stereocenters. The normalized spacial score (nSPS) is 13.8. The zero-order chi connectivity index (χ0) is 9.56. The van der Waals surface area contributed by atoms with Crippen LogP contribution in [0, 0.1) is 5.92 Å². The summed E-state index contributed by atoms with van der Waals surface area (Å²) in [6.07, 6.45) is 5.43. The number of ether oxygens (including phenoxy) is 1. The van der Waals surface area contributed by atoms with Crippen molar-refractivity contribution >= 4 is 0 Å². The second-order valence-corrected chi connectivity index (χ2v) is 3.23. The quantitative estimate of drug-likeness (QED) is 0.461.